The van der Waals surface area contributed by atoms with Crippen LogP contribution in [0.2, 0.25) is 0 Å². The van der Waals surface area contributed by atoms with E-state index in [1.54, 1.807) is 42.5 Å². The van der Waals surface area contributed by atoms with Crippen LogP contribution in [0, 0.1) is 10.8 Å². The van der Waals surface area contributed by atoms with Gasteiger partial charge in [-0.3, -0.25) is 14.4 Å². The van der Waals surface area contributed by atoms with Gasteiger partial charge in [0.05, 0.1) is 11.1 Å². The molecular formula is C25H28N2O4. The second-order valence-corrected chi connectivity index (χ2v) is 9.64. The first-order valence-corrected chi connectivity index (χ1v) is 10.2. The quantitative estimate of drug-likeness (QED) is 0.591. The highest BCUT2D eigenvalue weighted by molar-refractivity contribution is 6.02. The van der Waals surface area contributed by atoms with Crippen molar-refractivity contribution in [2.75, 3.05) is 10.6 Å². The molecule has 0 aliphatic rings. The van der Waals surface area contributed by atoms with Crippen LogP contribution in [0.15, 0.2) is 57.7 Å². The summed E-state index contributed by atoms with van der Waals surface area (Å²) >= 11 is 0. The van der Waals surface area contributed by atoms with Crippen molar-refractivity contribution >= 4 is 34.2 Å². The molecule has 0 unspecified atom stereocenters. The summed E-state index contributed by atoms with van der Waals surface area (Å²) in [4.78, 5) is 37.4. The monoisotopic (exact) mass is 420 g/mol. The molecule has 0 radical (unpaired) electrons. The van der Waals surface area contributed by atoms with E-state index in [0.29, 0.717) is 33.7 Å². The van der Waals surface area contributed by atoms with E-state index in [1.165, 1.54) is 6.07 Å². The van der Waals surface area contributed by atoms with Crippen molar-refractivity contribution in [1.29, 1.82) is 0 Å². The molecule has 31 heavy (non-hydrogen) atoms. The summed E-state index contributed by atoms with van der Waals surface area (Å²) in [6.07, 6.45) is 0. The molecule has 0 saturated heterocycles. The van der Waals surface area contributed by atoms with Crippen LogP contribution < -0.4 is 16.1 Å². The summed E-state index contributed by atoms with van der Waals surface area (Å²) in [6, 6.07) is 13.6. The number of rotatable bonds is 3. The number of hydrogen-bond acceptors (Lipinski definition) is 4. The standard InChI is InChI=1S/C25H28N2O4/c1-24(2,3)22(29)26-16-12-10-15(11-13-16)20-14-18(28)21-17(8-7-9-19(21)31-20)27-23(30)25(4,5)6/h7-14H,1-6H3,(H,26,29)(H,27,30). The smallest absolute Gasteiger partial charge is 0.229 e. The maximum Gasteiger partial charge on any atom is 0.229 e. The van der Waals surface area contributed by atoms with E-state index in [2.05, 4.69) is 10.6 Å². The third-order valence-electron chi connectivity index (χ3n) is 4.79. The first-order chi connectivity index (χ1) is 14.4. The highest BCUT2D eigenvalue weighted by Crippen LogP contribution is 2.28. The topological polar surface area (TPSA) is 88.4 Å². The summed E-state index contributed by atoms with van der Waals surface area (Å²) in [5, 5.41) is 6.02. The van der Waals surface area contributed by atoms with Gasteiger partial charge in [0, 0.05) is 28.1 Å². The Kier molecular flexibility index (Phi) is 5.77. The predicted molar refractivity (Wildman–Crippen MR) is 124 cm³/mol. The molecule has 2 amide bonds. The van der Waals surface area contributed by atoms with Crippen LogP contribution in [0.5, 0.6) is 0 Å². The van der Waals surface area contributed by atoms with Gasteiger partial charge in [0.15, 0.2) is 5.43 Å². The number of carbonyl (C=O) groups is 2. The van der Waals surface area contributed by atoms with Crippen LogP contribution in [0.4, 0.5) is 11.4 Å². The third kappa shape index (κ3) is 5.02. The van der Waals surface area contributed by atoms with Crippen LogP contribution in [0.25, 0.3) is 22.3 Å². The first kappa shape index (κ1) is 22.3. The second kappa shape index (κ2) is 8.02. The van der Waals surface area contributed by atoms with Crippen LogP contribution in [-0.4, -0.2) is 11.8 Å². The Hall–Kier alpha value is -3.41. The van der Waals surface area contributed by atoms with Crippen molar-refractivity contribution in [1.82, 2.24) is 0 Å². The molecule has 3 rings (SSSR count). The average Bonchev–Trinajstić information content (AvgIpc) is 2.67. The number of hydrogen-bond donors (Lipinski definition) is 2. The lowest BCUT2D eigenvalue weighted by molar-refractivity contribution is -0.123. The van der Waals surface area contributed by atoms with E-state index in [4.69, 9.17) is 4.42 Å². The number of fused-ring (bicyclic) bond motifs is 1. The fourth-order valence-corrected chi connectivity index (χ4v) is 2.80. The van der Waals surface area contributed by atoms with E-state index < -0.39 is 10.8 Å². The molecule has 162 valence electrons. The fraction of sp³-hybridized carbons (Fsp3) is 0.320. The molecule has 3 aromatic rings. The number of nitrogens with one attached hydrogen (secondary N) is 2. The van der Waals surface area contributed by atoms with Crippen molar-refractivity contribution in [3.8, 4) is 11.3 Å². The fourth-order valence-electron chi connectivity index (χ4n) is 2.80. The van der Waals surface area contributed by atoms with Crippen LogP contribution >= 0.6 is 0 Å². The molecule has 0 bridgehead atoms. The van der Waals surface area contributed by atoms with Gasteiger partial charge >= 0.3 is 0 Å². The zero-order chi connectivity index (χ0) is 23.0. The Bertz CT molecular complexity index is 1190. The van der Waals surface area contributed by atoms with Gasteiger partial charge in [0.25, 0.3) is 0 Å². The highest BCUT2D eigenvalue weighted by Gasteiger charge is 2.23. The van der Waals surface area contributed by atoms with Crippen molar-refractivity contribution in [3.05, 3.63) is 58.8 Å². The van der Waals surface area contributed by atoms with Crippen molar-refractivity contribution in [2.24, 2.45) is 10.8 Å². The van der Waals surface area contributed by atoms with Gasteiger partial charge in [-0.25, -0.2) is 0 Å². The lowest BCUT2D eigenvalue weighted by Gasteiger charge is -2.18. The van der Waals surface area contributed by atoms with Crippen LogP contribution in [-0.2, 0) is 9.59 Å². The van der Waals surface area contributed by atoms with Gasteiger partial charge in [-0.15, -0.1) is 0 Å². The number of anilines is 2. The highest BCUT2D eigenvalue weighted by atomic mass is 16.3. The molecule has 2 N–H and O–H groups in total. The Morgan fingerprint density at radius 3 is 1.97 bits per heavy atom. The molecule has 0 fully saturated rings. The van der Waals surface area contributed by atoms with Gasteiger partial charge in [-0.1, -0.05) is 47.6 Å². The summed E-state index contributed by atoms with van der Waals surface area (Å²) in [5.74, 6) is 0.143. The minimum Gasteiger partial charge on any atom is -0.456 e. The SMILES string of the molecule is CC(C)(C)C(=O)Nc1ccc(-c2cc(=O)c3c(NC(=O)C(C)(C)C)cccc3o2)cc1. The molecule has 1 heterocycles. The molecule has 0 atom stereocenters. The normalized spacial score (nSPS) is 11.9. The molecule has 6 heteroatoms. The second-order valence-electron chi connectivity index (χ2n) is 9.64. The van der Waals surface area contributed by atoms with Crippen molar-refractivity contribution < 1.29 is 14.0 Å². The average molecular weight is 421 g/mol. The van der Waals surface area contributed by atoms with Gasteiger partial charge < -0.3 is 15.1 Å². The molecule has 2 aromatic carbocycles. The summed E-state index contributed by atoms with van der Waals surface area (Å²) in [6.45, 7) is 11.0. The zero-order valence-electron chi connectivity index (χ0n) is 18.8. The van der Waals surface area contributed by atoms with Gasteiger partial charge in [-0.2, -0.15) is 0 Å². The van der Waals surface area contributed by atoms with Gasteiger partial charge in [0.1, 0.15) is 11.3 Å². The molecule has 0 aliphatic heterocycles. The summed E-state index contributed by atoms with van der Waals surface area (Å²) in [5.41, 5.74) is 0.857. The van der Waals surface area contributed by atoms with Gasteiger partial charge in [-0.05, 0) is 36.4 Å². The third-order valence-corrected chi connectivity index (χ3v) is 4.79. The Balaban J connectivity index is 1.94. The Labute approximate surface area is 181 Å². The molecule has 1 aromatic heterocycles. The van der Waals surface area contributed by atoms with Crippen molar-refractivity contribution in [2.45, 2.75) is 41.5 Å². The van der Waals surface area contributed by atoms with Crippen LogP contribution in [0.3, 0.4) is 0 Å². The maximum absolute atomic E-state index is 12.9. The van der Waals surface area contributed by atoms with Crippen LogP contribution in [0.1, 0.15) is 41.5 Å². The first-order valence-electron chi connectivity index (χ1n) is 10.2. The minimum absolute atomic E-state index is 0.0812. The Morgan fingerprint density at radius 2 is 1.39 bits per heavy atom. The van der Waals surface area contributed by atoms with Crippen molar-refractivity contribution in [3.63, 3.8) is 0 Å². The minimum atomic E-state index is -0.591. The summed E-state index contributed by atoms with van der Waals surface area (Å²) < 4.78 is 5.97. The molecule has 0 aliphatic carbocycles. The molecule has 6 nitrogen and oxygen atoms in total. The van der Waals surface area contributed by atoms with E-state index in [1.807, 2.05) is 41.5 Å². The molecule has 0 saturated carbocycles. The number of benzene rings is 2. The zero-order valence-corrected chi connectivity index (χ0v) is 18.8. The predicted octanol–water partition coefficient (Wildman–Crippen LogP) is 5.43. The number of amides is 2. The van der Waals surface area contributed by atoms with E-state index >= 15 is 0 Å². The van der Waals surface area contributed by atoms with E-state index in [9.17, 15) is 14.4 Å². The van der Waals surface area contributed by atoms with E-state index in [0.717, 1.165) is 0 Å². The van der Waals surface area contributed by atoms with Gasteiger partial charge in [0.2, 0.25) is 11.8 Å². The summed E-state index contributed by atoms with van der Waals surface area (Å²) in [7, 11) is 0. The lowest BCUT2D eigenvalue weighted by atomic mass is 9.95. The molecular weight excluding hydrogens is 392 g/mol. The Morgan fingerprint density at radius 1 is 0.806 bits per heavy atom. The number of carbonyl (C=O) groups excluding carboxylic acids is 2. The molecule has 0 spiro atoms. The maximum atomic E-state index is 12.9. The van der Waals surface area contributed by atoms with E-state index in [-0.39, 0.29) is 17.2 Å². The lowest BCUT2D eigenvalue weighted by Crippen LogP contribution is -2.28. The largest absolute Gasteiger partial charge is 0.456 e.